The van der Waals surface area contributed by atoms with E-state index in [2.05, 4.69) is 0 Å². The van der Waals surface area contributed by atoms with Gasteiger partial charge >= 0.3 is 6.03 Å². The van der Waals surface area contributed by atoms with Crippen molar-refractivity contribution in [3.05, 3.63) is 0 Å². The summed E-state index contributed by atoms with van der Waals surface area (Å²) in [6.07, 6.45) is 5.42. The summed E-state index contributed by atoms with van der Waals surface area (Å²) in [6, 6.07) is 0.0616. The zero-order valence-electron chi connectivity index (χ0n) is 9.02. The molecule has 0 N–H and O–H groups in total. The minimum atomic E-state index is 0.0616. The van der Waals surface area contributed by atoms with Crippen LogP contribution in [-0.2, 0) is 4.79 Å². The molecule has 2 aliphatic rings. The molecule has 0 unspecified atom stereocenters. The first-order valence-electron chi connectivity index (χ1n) is 5.78. The highest BCUT2D eigenvalue weighted by Crippen LogP contribution is 2.30. The third-order valence-corrected chi connectivity index (χ3v) is 3.12. The summed E-state index contributed by atoms with van der Waals surface area (Å²) < 4.78 is 0. The zero-order valence-corrected chi connectivity index (χ0v) is 9.02. The fraction of sp³-hybridized carbons (Fsp3) is 0.818. The number of rotatable bonds is 4. The van der Waals surface area contributed by atoms with Crippen molar-refractivity contribution in [2.24, 2.45) is 5.92 Å². The second-order valence-electron chi connectivity index (χ2n) is 4.49. The van der Waals surface area contributed by atoms with Crippen LogP contribution in [0.3, 0.4) is 0 Å². The standard InChI is InChI=1S/C11H18N2O2/c14-8-7-12-5-1-2-6-13(11(12)15)9-10-3-4-10/h8,10H,1-7,9H2. The van der Waals surface area contributed by atoms with Crippen molar-refractivity contribution in [3.8, 4) is 0 Å². The van der Waals surface area contributed by atoms with Gasteiger partial charge in [0.1, 0.15) is 6.29 Å². The Balaban J connectivity index is 1.94. The molecule has 0 bridgehead atoms. The maximum Gasteiger partial charge on any atom is 0.320 e. The molecular weight excluding hydrogens is 192 g/mol. The van der Waals surface area contributed by atoms with Gasteiger partial charge in [0.2, 0.25) is 0 Å². The summed E-state index contributed by atoms with van der Waals surface area (Å²) in [7, 11) is 0. The highest BCUT2D eigenvalue weighted by atomic mass is 16.2. The Kier molecular flexibility index (Phi) is 3.23. The zero-order chi connectivity index (χ0) is 10.7. The topological polar surface area (TPSA) is 40.6 Å². The Morgan fingerprint density at radius 3 is 2.47 bits per heavy atom. The van der Waals surface area contributed by atoms with Crippen LogP contribution in [0.5, 0.6) is 0 Å². The van der Waals surface area contributed by atoms with Gasteiger partial charge < -0.3 is 14.6 Å². The van der Waals surface area contributed by atoms with Crippen LogP contribution in [0, 0.1) is 5.92 Å². The van der Waals surface area contributed by atoms with Gasteiger partial charge in [-0.1, -0.05) is 0 Å². The number of aldehydes is 1. The number of urea groups is 1. The van der Waals surface area contributed by atoms with Crippen LogP contribution in [0.1, 0.15) is 25.7 Å². The van der Waals surface area contributed by atoms with Crippen LogP contribution >= 0.6 is 0 Å². The molecule has 0 aromatic carbocycles. The molecule has 1 aliphatic carbocycles. The van der Waals surface area contributed by atoms with E-state index in [4.69, 9.17) is 0 Å². The molecule has 15 heavy (non-hydrogen) atoms. The lowest BCUT2D eigenvalue weighted by Crippen LogP contribution is -2.43. The third-order valence-electron chi connectivity index (χ3n) is 3.12. The van der Waals surface area contributed by atoms with Gasteiger partial charge in [-0.3, -0.25) is 0 Å². The van der Waals surface area contributed by atoms with Crippen molar-refractivity contribution in [2.45, 2.75) is 25.7 Å². The van der Waals surface area contributed by atoms with Crippen LogP contribution in [0.15, 0.2) is 0 Å². The van der Waals surface area contributed by atoms with E-state index in [0.717, 1.165) is 44.7 Å². The molecule has 0 atom stereocenters. The van der Waals surface area contributed by atoms with Gasteiger partial charge in [-0.05, 0) is 31.6 Å². The second-order valence-corrected chi connectivity index (χ2v) is 4.49. The smallest absolute Gasteiger partial charge is 0.320 e. The molecule has 0 spiro atoms. The molecule has 84 valence electrons. The van der Waals surface area contributed by atoms with E-state index in [0.29, 0.717) is 0 Å². The number of carbonyl (C=O) groups is 2. The van der Waals surface area contributed by atoms with Gasteiger partial charge in [-0.15, -0.1) is 0 Å². The summed E-state index contributed by atoms with van der Waals surface area (Å²) in [6.45, 7) is 2.75. The molecule has 1 saturated heterocycles. The highest BCUT2D eigenvalue weighted by Gasteiger charge is 2.29. The average molecular weight is 210 g/mol. The predicted octanol–water partition coefficient (Wildman–Crippen LogP) is 1.11. The van der Waals surface area contributed by atoms with E-state index in [1.165, 1.54) is 12.8 Å². The quantitative estimate of drug-likeness (QED) is 0.652. The van der Waals surface area contributed by atoms with Gasteiger partial charge in [-0.25, -0.2) is 4.79 Å². The maximum atomic E-state index is 12.0. The van der Waals surface area contributed by atoms with Crippen molar-refractivity contribution in [1.82, 2.24) is 9.80 Å². The predicted molar refractivity (Wildman–Crippen MR) is 56.6 cm³/mol. The molecule has 1 heterocycles. The fourth-order valence-electron chi connectivity index (χ4n) is 2.04. The van der Waals surface area contributed by atoms with Gasteiger partial charge in [0.25, 0.3) is 0 Å². The summed E-state index contributed by atoms with van der Waals surface area (Å²) in [4.78, 5) is 26.0. The number of hydrogen-bond donors (Lipinski definition) is 0. The van der Waals surface area contributed by atoms with Crippen molar-refractivity contribution < 1.29 is 9.59 Å². The molecular formula is C11H18N2O2. The molecule has 1 saturated carbocycles. The first-order valence-corrected chi connectivity index (χ1v) is 5.78. The number of hydrogen-bond acceptors (Lipinski definition) is 2. The highest BCUT2D eigenvalue weighted by molar-refractivity contribution is 5.77. The largest absolute Gasteiger partial charge is 0.324 e. The summed E-state index contributed by atoms with van der Waals surface area (Å²) in [5.74, 6) is 0.727. The lowest BCUT2D eigenvalue weighted by Gasteiger charge is -2.26. The Hall–Kier alpha value is -1.06. The molecule has 4 nitrogen and oxygen atoms in total. The first kappa shape index (κ1) is 10.5. The van der Waals surface area contributed by atoms with Gasteiger partial charge in [0, 0.05) is 19.6 Å². The molecule has 0 aromatic rings. The van der Waals surface area contributed by atoms with E-state index in [1.54, 1.807) is 4.90 Å². The van der Waals surface area contributed by atoms with Crippen molar-refractivity contribution in [1.29, 1.82) is 0 Å². The lowest BCUT2D eigenvalue weighted by molar-refractivity contribution is -0.108. The monoisotopic (exact) mass is 210 g/mol. The van der Waals surface area contributed by atoms with Crippen LogP contribution in [0.4, 0.5) is 4.79 Å². The van der Waals surface area contributed by atoms with Crippen LogP contribution in [0.25, 0.3) is 0 Å². The number of amides is 2. The van der Waals surface area contributed by atoms with Crippen molar-refractivity contribution >= 4 is 12.3 Å². The SMILES string of the molecule is O=CCN1CCCCN(CC2CC2)C1=O. The molecule has 2 fully saturated rings. The number of nitrogens with zero attached hydrogens (tertiary/aromatic N) is 2. The van der Waals surface area contributed by atoms with Crippen LogP contribution < -0.4 is 0 Å². The van der Waals surface area contributed by atoms with Gasteiger partial charge in [0.15, 0.2) is 0 Å². The van der Waals surface area contributed by atoms with Crippen molar-refractivity contribution in [3.63, 3.8) is 0 Å². The molecule has 0 aromatic heterocycles. The Morgan fingerprint density at radius 2 is 1.87 bits per heavy atom. The van der Waals surface area contributed by atoms with Gasteiger partial charge in [0.05, 0.1) is 6.54 Å². The summed E-state index contributed by atoms with van der Waals surface area (Å²) >= 11 is 0. The van der Waals surface area contributed by atoms with E-state index < -0.39 is 0 Å². The fourth-order valence-corrected chi connectivity index (χ4v) is 2.04. The average Bonchev–Trinajstić information content (AvgIpc) is 3.03. The van der Waals surface area contributed by atoms with Crippen molar-refractivity contribution in [2.75, 3.05) is 26.2 Å². The van der Waals surface area contributed by atoms with E-state index >= 15 is 0 Å². The molecule has 4 heteroatoms. The van der Waals surface area contributed by atoms with Crippen LogP contribution in [-0.4, -0.2) is 48.3 Å². The number of carbonyl (C=O) groups excluding carboxylic acids is 2. The first-order chi connectivity index (χ1) is 7.31. The van der Waals surface area contributed by atoms with E-state index in [1.807, 2.05) is 4.90 Å². The maximum absolute atomic E-state index is 12.0. The van der Waals surface area contributed by atoms with Gasteiger partial charge in [-0.2, -0.15) is 0 Å². The summed E-state index contributed by atoms with van der Waals surface area (Å²) in [5.41, 5.74) is 0. The second kappa shape index (κ2) is 4.64. The minimum absolute atomic E-state index is 0.0616. The lowest BCUT2D eigenvalue weighted by atomic mass is 10.3. The van der Waals surface area contributed by atoms with Crippen LogP contribution in [0.2, 0.25) is 0 Å². The Morgan fingerprint density at radius 1 is 1.20 bits per heavy atom. The van der Waals surface area contributed by atoms with E-state index in [9.17, 15) is 9.59 Å². The van der Waals surface area contributed by atoms with E-state index in [-0.39, 0.29) is 12.6 Å². The Labute approximate surface area is 90.2 Å². The molecule has 0 radical (unpaired) electrons. The minimum Gasteiger partial charge on any atom is -0.324 e. The normalized spacial score (nSPS) is 22.8. The Bertz CT molecular complexity index is 251. The summed E-state index contributed by atoms with van der Waals surface area (Å²) in [5, 5.41) is 0. The molecule has 1 aliphatic heterocycles. The third kappa shape index (κ3) is 2.70. The molecule has 2 rings (SSSR count). The molecule has 2 amide bonds.